The Bertz CT molecular complexity index is 1100. The van der Waals surface area contributed by atoms with E-state index in [1.54, 1.807) is 34.4 Å². The van der Waals surface area contributed by atoms with Crippen molar-refractivity contribution in [3.05, 3.63) is 58.1 Å². The van der Waals surface area contributed by atoms with E-state index in [-0.39, 0.29) is 17.9 Å². The first-order valence-corrected chi connectivity index (χ1v) is 11.6. The van der Waals surface area contributed by atoms with Crippen LogP contribution in [-0.4, -0.2) is 34.8 Å². The maximum atomic E-state index is 13.5. The smallest absolute Gasteiger partial charge is 0.254 e. The Morgan fingerprint density at radius 3 is 2.77 bits per heavy atom. The van der Waals surface area contributed by atoms with E-state index in [0.717, 1.165) is 40.9 Å². The zero-order valence-electron chi connectivity index (χ0n) is 16.5. The predicted octanol–water partition coefficient (Wildman–Crippen LogP) is 5.44. The number of aromatic nitrogens is 1. The molecule has 0 aliphatic carbocycles. The zero-order chi connectivity index (χ0) is 20.7. The molecule has 2 aromatic carbocycles. The number of fused-ring (bicyclic) bond motifs is 1. The standard InChI is InChI=1S/C23H22ClN3O2S/c24-16-11-10-15(14-19(16)26-13-5-9-21(26)28)23(29)27-12-4-3-7-18(27)22-25-17-6-1-2-8-20(17)30-22/h1-2,6,8,10-11,14,18H,3-5,7,9,12-13H2. The van der Waals surface area contributed by atoms with Gasteiger partial charge in [0.05, 0.1) is 27.0 Å². The molecule has 2 saturated heterocycles. The highest BCUT2D eigenvalue weighted by atomic mass is 35.5. The van der Waals surface area contributed by atoms with Crippen LogP contribution in [0.1, 0.15) is 53.5 Å². The molecule has 0 saturated carbocycles. The van der Waals surface area contributed by atoms with Crippen LogP contribution in [0.2, 0.25) is 5.02 Å². The molecular formula is C23H22ClN3O2S. The second kappa shape index (κ2) is 8.00. The Labute approximate surface area is 184 Å². The van der Waals surface area contributed by atoms with Gasteiger partial charge in [0.25, 0.3) is 5.91 Å². The minimum Gasteiger partial charge on any atom is -0.329 e. The molecule has 7 heteroatoms. The SMILES string of the molecule is O=C1CCCN1c1cc(C(=O)N2CCCCC2c2nc3ccccc3s2)ccc1Cl. The lowest BCUT2D eigenvalue weighted by Gasteiger charge is -2.34. The summed E-state index contributed by atoms with van der Waals surface area (Å²) in [5, 5.41) is 1.50. The third-order valence-corrected chi connectivity index (χ3v) is 7.37. The number of thiazole rings is 1. The molecule has 3 heterocycles. The van der Waals surface area contributed by atoms with E-state index >= 15 is 0 Å². The number of para-hydroxylation sites is 1. The number of hydrogen-bond donors (Lipinski definition) is 0. The molecule has 2 aliphatic heterocycles. The molecule has 154 valence electrons. The Hall–Kier alpha value is -2.44. The number of piperidine rings is 1. The quantitative estimate of drug-likeness (QED) is 0.545. The van der Waals surface area contributed by atoms with Gasteiger partial charge in [0.1, 0.15) is 5.01 Å². The Balaban J connectivity index is 1.47. The van der Waals surface area contributed by atoms with Gasteiger partial charge in [0.2, 0.25) is 5.91 Å². The number of benzene rings is 2. The van der Waals surface area contributed by atoms with E-state index in [1.807, 2.05) is 23.1 Å². The maximum Gasteiger partial charge on any atom is 0.254 e. The summed E-state index contributed by atoms with van der Waals surface area (Å²) in [6.07, 6.45) is 4.33. The van der Waals surface area contributed by atoms with Crippen LogP contribution in [0.4, 0.5) is 5.69 Å². The van der Waals surface area contributed by atoms with Gasteiger partial charge in [-0.15, -0.1) is 11.3 Å². The van der Waals surface area contributed by atoms with Crippen LogP contribution in [-0.2, 0) is 4.79 Å². The first-order valence-electron chi connectivity index (χ1n) is 10.4. The molecule has 5 rings (SSSR count). The van der Waals surface area contributed by atoms with Crippen LogP contribution < -0.4 is 4.90 Å². The first-order chi connectivity index (χ1) is 14.6. The van der Waals surface area contributed by atoms with E-state index in [0.29, 0.717) is 35.8 Å². The Morgan fingerprint density at radius 2 is 1.97 bits per heavy atom. The van der Waals surface area contributed by atoms with Crippen LogP contribution in [0.3, 0.4) is 0 Å². The third-order valence-electron chi connectivity index (χ3n) is 5.92. The third kappa shape index (κ3) is 3.48. The zero-order valence-corrected chi connectivity index (χ0v) is 18.1. The fourth-order valence-corrected chi connectivity index (χ4v) is 5.72. The summed E-state index contributed by atoms with van der Waals surface area (Å²) in [6.45, 7) is 1.36. The second-order valence-corrected chi connectivity index (χ2v) is 9.31. The van der Waals surface area contributed by atoms with Gasteiger partial charge in [-0.1, -0.05) is 23.7 Å². The summed E-state index contributed by atoms with van der Waals surface area (Å²) in [5.74, 6) is 0.0374. The van der Waals surface area contributed by atoms with Crippen molar-refractivity contribution >= 4 is 50.7 Å². The lowest BCUT2D eigenvalue weighted by Crippen LogP contribution is -2.38. The Kier molecular flexibility index (Phi) is 5.21. The van der Waals surface area contributed by atoms with E-state index in [9.17, 15) is 9.59 Å². The van der Waals surface area contributed by atoms with Gasteiger partial charge >= 0.3 is 0 Å². The molecular weight excluding hydrogens is 418 g/mol. The number of likely N-dealkylation sites (tertiary alicyclic amines) is 1. The highest BCUT2D eigenvalue weighted by Gasteiger charge is 2.32. The van der Waals surface area contributed by atoms with Gasteiger partial charge in [-0.3, -0.25) is 9.59 Å². The van der Waals surface area contributed by atoms with E-state index in [1.165, 1.54) is 0 Å². The number of carbonyl (C=O) groups excluding carboxylic acids is 2. The average Bonchev–Trinajstić information content (AvgIpc) is 3.39. The summed E-state index contributed by atoms with van der Waals surface area (Å²) in [5.41, 5.74) is 2.19. The molecule has 5 nitrogen and oxygen atoms in total. The monoisotopic (exact) mass is 439 g/mol. The highest BCUT2D eigenvalue weighted by molar-refractivity contribution is 7.18. The highest BCUT2D eigenvalue weighted by Crippen LogP contribution is 2.37. The average molecular weight is 440 g/mol. The summed E-state index contributed by atoms with van der Waals surface area (Å²) in [6, 6.07) is 13.3. The van der Waals surface area contributed by atoms with Crippen LogP contribution in [0, 0.1) is 0 Å². The van der Waals surface area contributed by atoms with Crippen LogP contribution >= 0.6 is 22.9 Å². The molecule has 2 fully saturated rings. The summed E-state index contributed by atoms with van der Waals surface area (Å²) >= 11 is 8.04. The number of halogens is 1. The number of rotatable bonds is 3. The molecule has 2 aliphatic rings. The molecule has 2 amide bonds. The van der Waals surface area contributed by atoms with E-state index < -0.39 is 0 Å². The molecule has 0 spiro atoms. The summed E-state index contributed by atoms with van der Waals surface area (Å²) in [7, 11) is 0. The number of anilines is 1. The summed E-state index contributed by atoms with van der Waals surface area (Å²) in [4.78, 5) is 34.2. The molecule has 1 atom stereocenters. The topological polar surface area (TPSA) is 53.5 Å². The lowest BCUT2D eigenvalue weighted by atomic mass is 10.0. The molecule has 1 aromatic heterocycles. The normalized spacial score (nSPS) is 19.6. The van der Waals surface area contributed by atoms with Crippen molar-refractivity contribution in [1.29, 1.82) is 0 Å². The van der Waals surface area contributed by atoms with Gasteiger partial charge in [0, 0.05) is 25.1 Å². The van der Waals surface area contributed by atoms with Gasteiger partial charge in [-0.05, 0) is 56.0 Å². The molecule has 0 bridgehead atoms. The van der Waals surface area contributed by atoms with Crippen molar-refractivity contribution < 1.29 is 9.59 Å². The van der Waals surface area contributed by atoms with Crippen molar-refractivity contribution in [2.75, 3.05) is 18.0 Å². The number of amides is 2. The fraction of sp³-hybridized carbons (Fsp3) is 0.348. The minimum atomic E-state index is -0.0245. The largest absolute Gasteiger partial charge is 0.329 e. The van der Waals surface area contributed by atoms with E-state index in [4.69, 9.17) is 16.6 Å². The Morgan fingerprint density at radius 1 is 1.10 bits per heavy atom. The predicted molar refractivity (Wildman–Crippen MR) is 120 cm³/mol. The van der Waals surface area contributed by atoms with Crippen molar-refractivity contribution in [2.24, 2.45) is 0 Å². The molecule has 0 radical (unpaired) electrons. The molecule has 1 unspecified atom stereocenters. The lowest BCUT2D eigenvalue weighted by molar-refractivity contribution is -0.117. The molecule has 30 heavy (non-hydrogen) atoms. The van der Waals surface area contributed by atoms with Crippen molar-refractivity contribution in [2.45, 2.75) is 38.1 Å². The minimum absolute atomic E-state index is 0.0174. The first kappa shape index (κ1) is 19.5. The van der Waals surface area contributed by atoms with Gasteiger partial charge in [-0.2, -0.15) is 0 Å². The van der Waals surface area contributed by atoms with Crippen LogP contribution in [0.25, 0.3) is 10.2 Å². The number of carbonyl (C=O) groups is 2. The van der Waals surface area contributed by atoms with Crippen molar-refractivity contribution in [3.8, 4) is 0 Å². The van der Waals surface area contributed by atoms with E-state index in [2.05, 4.69) is 6.07 Å². The summed E-state index contributed by atoms with van der Waals surface area (Å²) < 4.78 is 1.15. The van der Waals surface area contributed by atoms with Crippen LogP contribution in [0.5, 0.6) is 0 Å². The van der Waals surface area contributed by atoms with Gasteiger partial charge in [0.15, 0.2) is 0 Å². The fourth-order valence-electron chi connectivity index (χ4n) is 4.39. The number of nitrogens with zero attached hydrogens (tertiary/aromatic N) is 3. The van der Waals surface area contributed by atoms with Gasteiger partial charge in [-0.25, -0.2) is 4.98 Å². The molecule has 3 aromatic rings. The molecule has 0 N–H and O–H groups in total. The van der Waals surface area contributed by atoms with Crippen molar-refractivity contribution in [3.63, 3.8) is 0 Å². The second-order valence-electron chi connectivity index (χ2n) is 7.85. The van der Waals surface area contributed by atoms with Crippen LogP contribution in [0.15, 0.2) is 42.5 Å². The number of hydrogen-bond acceptors (Lipinski definition) is 4. The van der Waals surface area contributed by atoms with Crippen molar-refractivity contribution in [1.82, 2.24) is 9.88 Å². The van der Waals surface area contributed by atoms with Gasteiger partial charge < -0.3 is 9.80 Å². The maximum absolute atomic E-state index is 13.5.